The van der Waals surface area contributed by atoms with Gasteiger partial charge in [-0.15, -0.1) is 11.6 Å². The predicted molar refractivity (Wildman–Crippen MR) is 127 cm³/mol. The van der Waals surface area contributed by atoms with Crippen LogP contribution in [0.5, 0.6) is 0 Å². The zero-order valence-electron chi connectivity index (χ0n) is 16.7. The van der Waals surface area contributed by atoms with Crippen molar-refractivity contribution in [2.75, 3.05) is 29.4 Å². The maximum Gasteiger partial charge on any atom is 0.321 e. The van der Waals surface area contributed by atoms with Crippen LogP contribution in [0, 0.1) is 0 Å². The minimum atomic E-state index is -2.93. The van der Waals surface area contributed by atoms with E-state index in [4.69, 9.17) is 21.6 Å². The van der Waals surface area contributed by atoms with E-state index in [2.05, 4.69) is 14.8 Å². The Morgan fingerprint density at radius 3 is 2.48 bits per heavy atom. The summed E-state index contributed by atoms with van der Waals surface area (Å²) in [5.41, 5.74) is 1.33. The van der Waals surface area contributed by atoms with E-state index in [9.17, 15) is 8.78 Å². The molecule has 31 heavy (non-hydrogen) atoms. The highest BCUT2D eigenvalue weighted by atomic mass is 127. The molecule has 0 aliphatic carbocycles. The number of aromatic nitrogens is 3. The van der Waals surface area contributed by atoms with E-state index < -0.39 is 3.93 Å². The minimum Gasteiger partial charge on any atom is -0.349 e. The number of nitrogens with zero attached hydrogens (tertiary/aromatic N) is 5. The molecule has 2 aliphatic heterocycles. The van der Waals surface area contributed by atoms with Gasteiger partial charge in [-0.2, -0.15) is 18.7 Å². The molecule has 1 aromatic carbocycles. The van der Waals surface area contributed by atoms with Crippen molar-refractivity contribution in [2.24, 2.45) is 0 Å². The molecular weight excluding hydrogens is 535 g/mol. The lowest BCUT2D eigenvalue weighted by atomic mass is 9.90. The molecule has 3 aromatic rings. The van der Waals surface area contributed by atoms with Crippen molar-refractivity contribution in [2.45, 2.75) is 34.6 Å². The van der Waals surface area contributed by atoms with Gasteiger partial charge in [0.05, 0.1) is 11.4 Å². The monoisotopic (exact) mass is 555 g/mol. The molecular formula is C22H21ClF2IN5. The van der Waals surface area contributed by atoms with E-state index in [-0.39, 0.29) is 17.0 Å². The lowest BCUT2D eigenvalue weighted by Crippen LogP contribution is -2.43. The lowest BCUT2D eigenvalue weighted by Gasteiger charge is -2.44. The predicted octanol–water partition coefficient (Wildman–Crippen LogP) is 5.67. The Morgan fingerprint density at radius 1 is 1.00 bits per heavy atom. The summed E-state index contributed by atoms with van der Waals surface area (Å²) in [6.07, 6.45) is 4.27. The smallest absolute Gasteiger partial charge is 0.321 e. The number of piperidine rings is 1. The van der Waals surface area contributed by atoms with Crippen molar-refractivity contribution in [3.05, 3.63) is 53.7 Å². The third kappa shape index (κ3) is 4.04. The highest BCUT2D eigenvalue weighted by molar-refractivity contribution is 14.1. The van der Waals surface area contributed by atoms with E-state index in [0.29, 0.717) is 17.2 Å². The fourth-order valence-corrected chi connectivity index (χ4v) is 5.04. The number of halogens is 4. The Kier molecular flexibility index (Phi) is 5.62. The molecule has 0 saturated carbocycles. The number of benzene rings is 1. The van der Waals surface area contributed by atoms with Crippen molar-refractivity contribution in [1.82, 2.24) is 15.0 Å². The normalized spacial score (nSPS) is 20.2. The van der Waals surface area contributed by atoms with Crippen LogP contribution in [-0.4, -0.2) is 40.0 Å². The fraction of sp³-hybridized carbons (Fsp3) is 0.409. The van der Waals surface area contributed by atoms with Crippen LogP contribution in [0.3, 0.4) is 0 Å². The van der Waals surface area contributed by atoms with Crippen LogP contribution in [0.15, 0.2) is 42.6 Å². The highest BCUT2D eigenvalue weighted by Gasteiger charge is 2.38. The van der Waals surface area contributed by atoms with E-state index in [0.717, 1.165) is 50.1 Å². The molecule has 4 heterocycles. The van der Waals surface area contributed by atoms with Crippen LogP contribution in [0.25, 0.3) is 11.0 Å². The van der Waals surface area contributed by atoms with Crippen LogP contribution in [0.4, 0.5) is 20.5 Å². The van der Waals surface area contributed by atoms with Crippen LogP contribution in [0.1, 0.15) is 36.4 Å². The molecule has 2 aliphatic rings. The third-order valence-corrected chi connectivity index (χ3v) is 7.08. The number of hydrogen-bond acceptors (Lipinski definition) is 5. The van der Waals surface area contributed by atoms with Gasteiger partial charge in [-0.1, -0.05) is 24.3 Å². The summed E-state index contributed by atoms with van der Waals surface area (Å²) in [4.78, 5) is 18.3. The molecule has 0 radical (unpaired) electrons. The topological polar surface area (TPSA) is 45.2 Å². The number of fused-ring (bicyclic) bond motifs is 1. The molecule has 162 valence electrons. The Hall–Kier alpha value is -1.81. The summed E-state index contributed by atoms with van der Waals surface area (Å²) in [6, 6.07) is 10.4. The number of hydrogen-bond donors (Lipinski definition) is 0. The first-order chi connectivity index (χ1) is 14.9. The van der Waals surface area contributed by atoms with E-state index >= 15 is 0 Å². The largest absolute Gasteiger partial charge is 0.349 e. The van der Waals surface area contributed by atoms with Crippen molar-refractivity contribution >= 4 is 57.0 Å². The molecule has 0 spiro atoms. The summed E-state index contributed by atoms with van der Waals surface area (Å²) in [6.45, 7) is 2.33. The van der Waals surface area contributed by atoms with Crippen molar-refractivity contribution in [3.8, 4) is 0 Å². The molecule has 9 heteroatoms. The van der Waals surface area contributed by atoms with Crippen LogP contribution >= 0.6 is 34.2 Å². The molecule has 0 N–H and O–H groups in total. The SMILES string of the molecule is FC(F)(I)c1ccccc1C1CCN1c1nc(N2CCC(Cl)CC2)nc2ncccc12. The molecule has 2 aromatic heterocycles. The molecule has 2 saturated heterocycles. The number of pyridine rings is 1. The van der Waals surface area contributed by atoms with Crippen molar-refractivity contribution < 1.29 is 8.78 Å². The molecule has 0 bridgehead atoms. The van der Waals surface area contributed by atoms with Gasteiger partial charge in [0.2, 0.25) is 5.95 Å². The summed E-state index contributed by atoms with van der Waals surface area (Å²) in [5.74, 6) is 1.38. The first-order valence-electron chi connectivity index (χ1n) is 10.4. The average molecular weight is 556 g/mol. The van der Waals surface area contributed by atoms with Gasteiger partial charge in [-0.05, 0) is 37.0 Å². The zero-order chi connectivity index (χ0) is 21.6. The van der Waals surface area contributed by atoms with Gasteiger partial charge in [-0.25, -0.2) is 4.98 Å². The van der Waals surface area contributed by atoms with Gasteiger partial charge in [0, 0.05) is 59.4 Å². The summed E-state index contributed by atoms with van der Waals surface area (Å²) < 4.78 is 25.6. The highest BCUT2D eigenvalue weighted by Crippen LogP contribution is 2.46. The second kappa shape index (κ2) is 8.27. The molecule has 0 amide bonds. The van der Waals surface area contributed by atoms with Crippen LogP contribution < -0.4 is 9.80 Å². The van der Waals surface area contributed by atoms with Gasteiger partial charge in [-0.3, -0.25) is 0 Å². The summed E-state index contributed by atoms with van der Waals surface area (Å²) >= 11 is 7.48. The Labute approximate surface area is 198 Å². The van der Waals surface area contributed by atoms with E-state index in [1.54, 1.807) is 18.3 Å². The van der Waals surface area contributed by atoms with Gasteiger partial charge in [0.1, 0.15) is 5.82 Å². The van der Waals surface area contributed by atoms with E-state index in [1.807, 2.05) is 18.2 Å². The first-order valence-corrected chi connectivity index (χ1v) is 11.9. The number of anilines is 2. The second-order valence-electron chi connectivity index (χ2n) is 7.97. The molecule has 1 unspecified atom stereocenters. The number of rotatable bonds is 4. The van der Waals surface area contributed by atoms with E-state index in [1.165, 1.54) is 28.7 Å². The van der Waals surface area contributed by atoms with Crippen LogP contribution in [0.2, 0.25) is 0 Å². The van der Waals surface area contributed by atoms with Crippen LogP contribution in [-0.2, 0) is 3.93 Å². The second-order valence-corrected chi connectivity index (χ2v) is 9.94. The quantitative estimate of drug-likeness (QED) is 0.307. The van der Waals surface area contributed by atoms with Gasteiger partial charge >= 0.3 is 3.93 Å². The lowest BCUT2D eigenvalue weighted by molar-refractivity contribution is 0.125. The third-order valence-electron chi connectivity index (χ3n) is 6.06. The maximum absolute atomic E-state index is 14.3. The average Bonchev–Trinajstić information content (AvgIpc) is 2.73. The maximum atomic E-state index is 14.3. The van der Waals surface area contributed by atoms with Crippen molar-refractivity contribution in [1.29, 1.82) is 0 Å². The zero-order valence-corrected chi connectivity index (χ0v) is 19.6. The molecule has 2 fully saturated rings. The summed E-state index contributed by atoms with van der Waals surface area (Å²) in [7, 11) is 0. The van der Waals surface area contributed by atoms with Gasteiger partial charge in [0.25, 0.3) is 0 Å². The Balaban J connectivity index is 1.56. The fourth-order valence-electron chi connectivity index (χ4n) is 4.35. The number of alkyl halides is 4. The minimum absolute atomic E-state index is 0.0613. The Morgan fingerprint density at radius 2 is 1.77 bits per heavy atom. The van der Waals surface area contributed by atoms with Crippen molar-refractivity contribution in [3.63, 3.8) is 0 Å². The summed E-state index contributed by atoms with van der Waals surface area (Å²) in [5, 5.41) is 1.02. The molecule has 1 atom stereocenters. The van der Waals surface area contributed by atoms with Gasteiger partial charge < -0.3 is 9.80 Å². The first kappa shape index (κ1) is 21.1. The molecule has 5 rings (SSSR count). The van der Waals surface area contributed by atoms with Gasteiger partial charge in [0.15, 0.2) is 5.65 Å². The standard InChI is InChI=1S/C22H21ClF2IN5/c23-14-7-11-30(12-8-14)21-28-19-16(5-3-10-27-19)20(29-21)31-13-9-18(31)15-4-1-2-6-17(15)22(24,25)26/h1-6,10,14,18H,7-9,11-13H2. The molecule has 5 nitrogen and oxygen atoms in total. The Bertz CT molecular complexity index is 1100.